The van der Waals surface area contributed by atoms with Crippen LogP contribution in [0, 0.1) is 0 Å². The molecule has 0 heterocycles. The SMILES string of the molecule is CCOCCNC(=NC)NCc1ccc(OC)c(OC)c1OC. The third kappa shape index (κ3) is 5.52. The number of rotatable bonds is 9. The molecule has 0 saturated carbocycles. The molecule has 0 saturated heterocycles. The molecule has 7 nitrogen and oxygen atoms in total. The predicted molar refractivity (Wildman–Crippen MR) is 90.8 cm³/mol. The van der Waals surface area contributed by atoms with Gasteiger partial charge in [0.1, 0.15) is 0 Å². The van der Waals surface area contributed by atoms with Crippen LogP contribution in [0.5, 0.6) is 17.2 Å². The highest BCUT2D eigenvalue weighted by molar-refractivity contribution is 5.79. The highest BCUT2D eigenvalue weighted by atomic mass is 16.5. The predicted octanol–water partition coefficient (Wildman–Crippen LogP) is 1.41. The first kappa shape index (κ1) is 18.9. The van der Waals surface area contributed by atoms with Crippen molar-refractivity contribution in [3.63, 3.8) is 0 Å². The van der Waals surface area contributed by atoms with Crippen molar-refractivity contribution in [1.82, 2.24) is 10.6 Å². The average Bonchev–Trinajstić information content (AvgIpc) is 2.60. The van der Waals surface area contributed by atoms with Gasteiger partial charge in [-0.2, -0.15) is 0 Å². The van der Waals surface area contributed by atoms with Gasteiger partial charge in [-0.1, -0.05) is 0 Å². The number of guanidine groups is 1. The Morgan fingerprint density at radius 3 is 2.35 bits per heavy atom. The summed E-state index contributed by atoms with van der Waals surface area (Å²) < 4.78 is 21.4. The van der Waals surface area contributed by atoms with Crippen LogP contribution in [0.1, 0.15) is 12.5 Å². The van der Waals surface area contributed by atoms with Crippen molar-refractivity contribution in [2.45, 2.75) is 13.5 Å². The number of nitrogens with one attached hydrogen (secondary N) is 2. The molecule has 0 fully saturated rings. The Kier molecular flexibility index (Phi) is 8.67. The Morgan fingerprint density at radius 2 is 1.78 bits per heavy atom. The Labute approximate surface area is 138 Å². The van der Waals surface area contributed by atoms with Crippen LogP contribution in [0.25, 0.3) is 0 Å². The first-order valence-electron chi connectivity index (χ1n) is 7.51. The van der Waals surface area contributed by atoms with Crippen LogP contribution >= 0.6 is 0 Å². The maximum absolute atomic E-state index is 5.46. The molecular formula is C16H27N3O4. The molecule has 0 amide bonds. The number of ether oxygens (including phenoxy) is 4. The molecule has 1 aromatic rings. The summed E-state index contributed by atoms with van der Waals surface area (Å²) in [7, 11) is 6.52. The molecule has 0 atom stereocenters. The van der Waals surface area contributed by atoms with Crippen LogP contribution in [0.3, 0.4) is 0 Å². The summed E-state index contributed by atoms with van der Waals surface area (Å²) in [5.41, 5.74) is 0.943. The monoisotopic (exact) mass is 325 g/mol. The number of methoxy groups -OCH3 is 3. The van der Waals surface area contributed by atoms with Gasteiger partial charge in [-0.05, 0) is 19.1 Å². The second-order valence-corrected chi connectivity index (χ2v) is 4.54. The van der Waals surface area contributed by atoms with E-state index in [1.807, 2.05) is 19.1 Å². The number of nitrogens with zero attached hydrogens (tertiary/aromatic N) is 1. The third-order valence-electron chi connectivity index (χ3n) is 3.20. The van der Waals surface area contributed by atoms with E-state index in [1.54, 1.807) is 28.4 Å². The van der Waals surface area contributed by atoms with E-state index in [0.717, 1.165) is 5.56 Å². The average molecular weight is 325 g/mol. The van der Waals surface area contributed by atoms with Crippen LogP contribution in [0.2, 0.25) is 0 Å². The minimum absolute atomic E-state index is 0.540. The first-order chi connectivity index (χ1) is 11.2. The normalized spacial score (nSPS) is 11.1. The van der Waals surface area contributed by atoms with Crippen LogP contribution in [-0.4, -0.2) is 54.1 Å². The molecule has 0 unspecified atom stereocenters. The lowest BCUT2D eigenvalue weighted by atomic mass is 10.1. The van der Waals surface area contributed by atoms with Gasteiger partial charge < -0.3 is 29.6 Å². The van der Waals surface area contributed by atoms with Crippen molar-refractivity contribution in [1.29, 1.82) is 0 Å². The zero-order valence-electron chi connectivity index (χ0n) is 14.6. The number of benzene rings is 1. The van der Waals surface area contributed by atoms with Crippen LogP contribution < -0.4 is 24.8 Å². The van der Waals surface area contributed by atoms with E-state index in [2.05, 4.69) is 15.6 Å². The highest BCUT2D eigenvalue weighted by Crippen LogP contribution is 2.39. The van der Waals surface area contributed by atoms with E-state index in [-0.39, 0.29) is 0 Å². The lowest BCUT2D eigenvalue weighted by molar-refractivity contribution is 0.152. The van der Waals surface area contributed by atoms with Crippen LogP contribution in [0.4, 0.5) is 0 Å². The Hall–Kier alpha value is -2.15. The zero-order chi connectivity index (χ0) is 17.1. The molecule has 1 aromatic carbocycles. The van der Waals surface area contributed by atoms with Gasteiger partial charge >= 0.3 is 0 Å². The largest absolute Gasteiger partial charge is 0.493 e. The van der Waals surface area contributed by atoms with Gasteiger partial charge in [-0.25, -0.2) is 0 Å². The molecule has 130 valence electrons. The third-order valence-corrected chi connectivity index (χ3v) is 3.20. The molecule has 0 spiro atoms. The van der Waals surface area contributed by atoms with Gasteiger partial charge in [0.15, 0.2) is 17.5 Å². The summed E-state index contributed by atoms with van der Waals surface area (Å²) in [6.07, 6.45) is 0. The molecule has 1 rings (SSSR count). The van der Waals surface area contributed by atoms with Gasteiger partial charge in [-0.3, -0.25) is 4.99 Å². The fraction of sp³-hybridized carbons (Fsp3) is 0.562. The lowest BCUT2D eigenvalue weighted by Crippen LogP contribution is -2.38. The van der Waals surface area contributed by atoms with Gasteiger partial charge in [0, 0.05) is 32.3 Å². The van der Waals surface area contributed by atoms with Crippen molar-refractivity contribution < 1.29 is 18.9 Å². The Bertz CT molecular complexity index is 506. The van der Waals surface area contributed by atoms with E-state index in [0.29, 0.717) is 49.5 Å². The van der Waals surface area contributed by atoms with Crippen molar-refractivity contribution in [2.75, 3.05) is 48.1 Å². The minimum atomic E-state index is 0.540. The van der Waals surface area contributed by atoms with Gasteiger partial charge in [0.25, 0.3) is 0 Å². The first-order valence-corrected chi connectivity index (χ1v) is 7.51. The second-order valence-electron chi connectivity index (χ2n) is 4.54. The maximum Gasteiger partial charge on any atom is 0.203 e. The van der Waals surface area contributed by atoms with Crippen LogP contribution in [-0.2, 0) is 11.3 Å². The highest BCUT2D eigenvalue weighted by Gasteiger charge is 2.15. The maximum atomic E-state index is 5.46. The molecule has 2 N–H and O–H groups in total. The van der Waals surface area contributed by atoms with Gasteiger partial charge in [0.05, 0.1) is 27.9 Å². The summed E-state index contributed by atoms with van der Waals surface area (Å²) in [5.74, 6) is 2.55. The van der Waals surface area contributed by atoms with E-state index in [4.69, 9.17) is 18.9 Å². The summed E-state index contributed by atoms with van der Waals surface area (Å²) in [6.45, 7) is 4.54. The van der Waals surface area contributed by atoms with E-state index >= 15 is 0 Å². The number of hydrogen-bond acceptors (Lipinski definition) is 5. The standard InChI is InChI=1S/C16H27N3O4/c1-6-23-10-9-18-16(17-2)19-11-12-7-8-13(20-3)15(22-5)14(12)21-4/h7-8H,6,9-11H2,1-5H3,(H2,17,18,19). The number of aliphatic imine (C=N–C) groups is 1. The Balaban J connectivity index is 2.72. The molecular weight excluding hydrogens is 298 g/mol. The summed E-state index contributed by atoms with van der Waals surface area (Å²) >= 11 is 0. The van der Waals surface area contributed by atoms with Gasteiger partial charge in [-0.15, -0.1) is 0 Å². The fourth-order valence-electron chi connectivity index (χ4n) is 2.09. The number of hydrogen-bond donors (Lipinski definition) is 2. The second kappa shape index (κ2) is 10.6. The Morgan fingerprint density at radius 1 is 1.04 bits per heavy atom. The van der Waals surface area contributed by atoms with Crippen LogP contribution in [0.15, 0.2) is 17.1 Å². The van der Waals surface area contributed by atoms with Crippen molar-refractivity contribution in [2.24, 2.45) is 4.99 Å². The lowest BCUT2D eigenvalue weighted by Gasteiger charge is -2.17. The molecule has 0 aliphatic heterocycles. The molecule has 0 bridgehead atoms. The van der Waals surface area contributed by atoms with Crippen molar-refractivity contribution in [3.8, 4) is 17.2 Å². The smallest absolute Gasteiger partial charge is 0.203 e. The molecule has 23 heavy (non-hydrogen) atoms. The topological polar surface area (TPSA) is 73.3 Å². The summed E-state index contributed by atoms with van der Waals surface area (Å²) in [5, 5.41) is 6.41. The van der Waals surface area contributed by atoms with Crippen molar-refractivity contribution >= 4 is 5.96 Å². The quantitative estimate of drug-likeness (QED) is 0.406. The summed E-state index contributed by atoms with van der Waals surface area (Å²) in [6, 6.07) is 3.78. The molecule has 7 heteroatoms. The summed E-state index contributed by atoms with van der Waals surface area (Å²) in [4.78, 5) is 4.17. The molecule has 0 aromatic heterocycles. The van der Waals surface area contributed by atoms with E-state index in [9.17, 15) is 0 Å². The molecule has 0 radical (unpaired) electrons. The molecule has 0 aliphatic carbocycles. The van der Waals surface area contributed by atoms with Crippen molar-refractivity contribution in [3.05, 3.63) is 17.7 Å². The zero-order valence-corrected chi connectivity index (χ0v) is 14.6. The van der Waals surface area contributed by atoms with Gasteiger partial charge in [0.2, 0.25) is 5.75 Å². The van der Waals surface area contributed by atoms with E-state index < -0.39 is 0 Å². The minimum Gasteiger partial charge on any atom is -0.493 e. The van der Waals surface area contributed by atoms with E-state index in [1.165, 1.54) is 0 Å². The molecule has 0 aliphatic rings. The fourth-order valence-corrected chi connectivity index (χ4v) is 2.09.